The van der Waals surface area contributed by atoms with Gasteiger partial charge in [-0.2, -0.15) is 13.2 Å². The third kappa shape index (κ3) is 3.47. The van der Waals surface area contributed by atoms with Crippen LogP contribution < -0.4 is 0 Å². The van der Waals surface area contributed by atoms with Crippen LogP contribution in [0.2, 0.25) is 0 Å². The van der Waals surface area contributed by atoms with E-state index in [1.165, 1.54) is 31.6 Å². The number of methoxy groups -OCH3 is 1. The number of rotatable bonds is 3. The number of carbonyl (C=O) groups is 1. The third-order valence-electron chi connectivity index (χ3n) is 4.45. The Labute approximate surface area is 148 Å². The molecule has 7 heteroatoms. The molecule has 1 heterocycles. The normalized spacial score (nSPS) is 14.7. The number of aromatic nitrogens is 2. The molecule has 1 aliphatic carbocycles. The van der Waals surface area contributed by atoms with Crippen molar-refractivity contribution in [2.45, 2.75) is 32.4 Å². The minimum absolute atomic E-state index is 0.0736. The average Bonchev–Trinajstić information content (AvgIpc) is 3.10. The molecule has 0 N–H and O–H groups in total. The molecule has 1 aliphatic rings. The minimum atomic E-state index is -4.40. The van der Waals surface area contributed by atoms with Crippen LogP contribution in [0.1, 0.15) is 52.1 Å². The molecule has 0 spiro atoms. The van der Waals surface area contributed by atoms with Gasteiger partial charge >= 0.3 is 12.1 Å². The summed E-state index contributed by atoms with van der Waals surface area (Å²) in [4.78, 5) is 20.0. The van der Waals surface area contributed by atoms with Crippen molar-refractivity contribution in [1.82, 2.24) is 9.97 Å². The molecule has 1 aromatic heterocycles. The van der Waals surface area contributed by atoms with Gasteiger partial charge in [-0.05, 0) is 60.6 Å². The van der Waals surface area contributed by atoms with Crippen LogP contribution in [0.4, 0.5) is 13.2 Å². The Morgan fingerprint density at radius 3 is 2.58 bits per heavy atom. The van der Waals surface area contributed by atoms with E-state index in [0.29, 0.717) is 24.1 Å². The van der Waals surface area contributed by atoms with E-state index in [4.69, 9.17) is 0 Å². The summed E-state index contributed by atoms with van der Waals surface area (Å²) < 4.78 is 43.9. The number of esters is 1. The first-order chi connectivity index (χ1) is 12.3. The van der Waals surface area contributed by atoms with E-state index >= 15 is 0 Å². The van der Waals surface area contributed by atoms with Crippen molar-refractivity contribution < 1.29 is 22.7 Å². The second-order valence-electron chi connectivity index (χ2n) is 6.12. The third-order valence-corrected chi connectivity index (χ3v) is 4.45. The number of alkyl halides is 3. The maximum atomic E-state index is 13.1. The first-order valence-corrected chi connectivity index (χ1v) is 8.12. The van der Waals surface area contributed by atoms with Crippen LogP contribution in [-0.4, -0.2) is 23.0 Å². The SMILES string of the molecule is COC(=O)c1cncc(C2=C(c3cc(C(F)(F)F)ccc3C)CCC2)n1. The lowest BCUT2D eigenvalue weighted by molar-refractivity contribution is -0.137. The molecule has 0 saturated heterocycles. The average molecular weight is 362 g/mol. The molecular formula is C19H17F3N2O2. The van der Waals surface area contributed by atoms with Gasteiger partial charge in [-0.15, -0.1) is 0 Å². The zero-order valence-corrected chi connectivity index (χ0v) is 14.4. The van der Waals surface area contributed by atoms with E-state index in [-0.39, 0.29) is 5.69 Å². The van der Waals surface area contributed by atoms with Gasteiger partial charge in [0.1, 0.15) is 0 Å². The summed E-state index contributed by atoms with van der Waals surface area (Å²) in [5.74, 6) is -0.602. The number of aryl methyl sites for hydroxylation is 1. The van der Waals surface area contributed by atoms with Crippen molar-refractivity contribution in [1.29, 1.82) is 0 Å². The molecule has 0 radical (unpaired) electrons. The number of halogens is 3. The van der Waals surface area contributed by atoms with Crippen molar-refractivity contribution in [2.75, 3.05) is 7.11 Å². The Balaban J connectivity index is 2.11. The molecule has 0 saturated carbocycles. The molecule has 26 heavy (non-hydrogen) atoms. The molecule has 1 aromatic carbocycles. The molecule has 136 valence electrons. The number of ether oxygens (including phenoxy) is 1. The Bertz CT molecular complexity index is 889. The molecular weight excluding hydrogens is 345 g/mol. The zero-order chi connectivity index (χ0) is 18.9. The number of benzene rings is 1. The quantitative estimate of drug-likeness (QED) is 0.744. The minimum Gasteiger partial charge on any atom is -0.464 e. The zero-order valence-electron chi connectivity index (χ0n) is 14.4. The summed E-state index contributed by atoms with van der Waals surface area (Å²) in [5, 5.41) is 0. The molecule has 0 fully saturated rings. The Hall–Kier alpha value is -2.70. The summed E-state index contributed by atoms with van der Waals surface area (Å²) >= 11 is 0. The van der Waals surface area contributed by atoms with Gasteiger partial charge in [0.25, 0.3) is 0 Å². The highest BCUT2D eigenvalue weighted by atomic mass is 19.4. The monoisotopic (exact) mass is 362 g/mol. The summed E-state index contributed by atoms with van der Waals surface area (Å²) in [6.45, 7) is 1.79. The molecule has 0 bridgehead atoms. The van der Waals surface area contributed by atoms with Crippen LogP contribution in [0.25, 0.3) is 11.1 Å². The van der Waals surface area contributed by atoms with Crippen LogP contribution in [0.3, 0.4) is 0 Å². The van der Waals surface area contributed by atoms with Gasteiger partial charge in [0.05, 0.1) is 30.8 Å². The van der Waals surface area contributed by atoms with Gasteiger partial charge in [0.2, 0.25) is 0 Å². The second kappa shape index (κ2) is 6.90. The fourth-order valence-electron chi connectivity index (χ4n) is 3.16. The van der Waals surface area contributed by atoms with E-state index in [0.717, 1.165) is 29.2 Å². The van der Waals surface area contributed by atoms with Gasteiger partial charge in [-0.25, -0.2) is 9.78 Å². The summed E-state index contributed by atoms with van der Waals surface area (Å²) in [5.41, 5.74) is 2.88. The fraction of sp³-hybridized carbons (Fsp3) is 0.316. The lowest BCUT2D eigenvalue weighted by Crippen LogP contribution is -2.07. The first-order valence-electron chi connectivity index (χ1n) is 8.12. The molecule has 0 aliphatic heterocycles. The highest BCUT2D eigenvalue weighted by Crippen LogP contribution is 2.41. The maximum Gasteiger partial charge on any atom is 0.416 e. The Morgan fingerprint density at radius 2 is 1.88 bits per heavy atom. The van der Waals surface area contributed by atoms with Crippen LogP contribution in [0.5, 0.6) is 0 Å². The molecule has 4 nitrogen and oxygen atoms in total. The predicted molar refractivity (Wildman–Crippen MR) is 90.2 cm³/mol. The number of allylic oxidation sites excluding steroid dienone is 2. The lowest BCUT2D eigenvalue weighted by atomic mass is 9.94. The van der Waals surface area contributed by atoms with Crippen molar-refractivity contribution >= 4 is 17.1 Å². The first kappa shape index (κ1) is 18.1. The van der Waals surface area contributed by atoms with E-state index in [1.54, 1.807) is 6.92 Å². The van der Waals surface area contributed by atoms with Crippen LogP contribution >= 0.6 is 0 Å². The lowest BCUT2D eigenvalue weighted by Gasteiger charge is -2.14. The fourth-order valence-corrected chi connectivity index (χ4v) is 3.16. The molecule has 0 unspecified atom stereocenters. The van der Waals surface area contributed by atoms with E-state index in [1.807, 2.05) is 0 Å². The highest BCUT2D eigenvalue weighted by Gasteiger charge is 2.31. The number of hydrogen-bond donors (Lipinski definition) is 0. The van der Waals surface area contributed by atoms with Crippen LogP contribution in [0.15, 0.2) is 30.6 Å². The van der Waals surface area contributed by atoms with E-state index < -0.39 is 17.7 Å². The molecule has 0 atom stereocenters. The summed E-state index contributed by atoms with van der Waals surface area (Å²) in [7, 11) is 1.25. The van der Waals surface area contributed by atoms with Crippen LogP contribution in [-0.2, 0) is 10.9 Å². The number of carbonyl (C=O) groups excluding carboxylic acids is 1. The molecule has 2 aromatic rings. The van der Waals surface area contributed by atoms with Gasteiger partial charge in [0.15, 0.2) is 5.69 Å². The summed E-state index contributed by atoms with van der Waals surface area (Å²) in [6, 6.07) is 3.76. The second-order valence-corrected chi connectivity index (χ2v) is 6.12. The van der Waals surface area contributed by atoms with Gasteiger partial charge in [0, 0.05) is 0 Å². The largest absolute Gasteiger partial charge is 0.464 e. The molecule has 0 amide bonds. The van der Waals surface area contributed by atoms with Gasteiger partial charge in [-0.1, -0.05) is 6.07 Å². The number of nitrogens with zero attached hydrogens (tertiary/aromatic N) is 2. The van der Waals surface area contributed by atoms with Gasteiger partial charge in [-0.3, -0.25) is 4.98 Å². The van der Waals surface area contributed by atoms with E-state index in [2.05, 4.69) is 14.7 Å². The molecule has 3 rings (SSSR count). The van der Waals surface area contributed by atoms with Crippen molar-refractivity contribution in [2.24, 2.45) is 0 Å². The summed E-state index contributed by atoms with van der Waals surface area (Å²) in [6.07, 6.45) is 0.568. The van der Waals surface area contributed by atoms with E-state index in [9.17, 15) is 18.0 Å². The Morgan fingerprint density at radius 1 is 1.15 bits per heavy atom. The van der Waals surface area contributed by atoms with Crippen molar-refractivity contribution in [3.8, 4) is 0 Å². The smallest absolute Gasteiger partial charge is 0.416 e. The highest BCUT2D eigenvalue weighted by molar-refractivity contribution is 5.93. The Kier molecular flexibility index (Phi) is 4.80. The number of hydrogen-bond acceptors (Lipinski definition) is 4. The van der Waals surface area contributed by atoms with Gasteiger partial charge < -0.3 is 4.74 Å². The van der Waals surface area contributed by atoms with Crippen molar-refractivity contribution in [3.63, 3.8) is 0 Å². The predicted octanol–water partition coefficient (Wildman–Crippen LogP) is 4.69. The standard InChI is InChI=1S/C19H17F3N2O2/c1-11-6-7-12(19(20,21)22)8-15(11)13-4-3-5-14(13)16-9-23-10-17(24-16)18(25)26-2/h6-10H,3-5H2,1-2H3. The topological polar surface area (TPSA) is 52.1 Å². The van der Waals surface area contributed by atoms with Crippen LogP contribution in [0, 0.1) is 6.92 Å². The maximum absolute atomic E-state index is 13.1. The van der Waals surface area contributed by atoms with Crippen molar-refractivity contribution in [3.05, 3.63) is 58.7 Å².